The van der Waals surface area contributed by atoms with Crippen molar-refractivity contribution in [3.8, 4) is 0 Å². The van der Waals surface area contributed by atoms with E-state index in [-0.39, 0.29) is 0 Å². The van der Waals surface area contributed by atoms with Gasteiger partial charge in [0.1, 0.15) is 11.5 Å². The van der Waals surface area contributed by atoms with Gasteiger partial charge >= 0.3 is 0 Å². The molecule has 1 heterocycles. The van der Waals surface area contributed by atoms with Crippen LogP contribution >= 0.6 is 11.8 Å². The van der Waals surface area contributed by atoms with E-state index in [2.05, 4.69) is 29.6 Å². The molecule has 15 heavy (non-hydrogen) atoms. The fourth-order valence-electron chi connectivity index (χ4n) is 1.37. The molecule has 0 saturated heterocycles. The Labute approximate surface area is 96.2 Å². The van der Waals surface area contributed by atoms with E-state index in [1.54, 1.807) is 0 Å². The van der Waals surface area contributed by atoms with Crippen molar-refractivity contribution in [2.24, 2.45) is 0 Å². The van der Waals surface area contributed by atoms with Crippen LogP contribution in [0.5, 0.6) is 0 Å². The lowest BCUT2D eigenvalue weighted by atomic mass is 10.4. The summed E-state index contributed by atoms with van der Waals surface area (Å²) in [4.78, 5) is 2.28. The predicted octanol–water partition coefficient (Wildman–Crippen LogP) is 1.79. The van der Waals surface area contributed by atoms with Gasteiger partial charge in [-0.25, -0.2) is 0 Å². The lowest BCUT2D eigenvalue weighted by Gasteiger charge is -2.13. The summed E-state index contributed by atoms with van der Waals surface area (Å²) in [5.41, 5.74) is 0. The average molecular weight is 228 g/mol. The van der Waals surface area contributed by atoms with Crippen LogP contribution < -0.4 is 5.32 Å². The fourth-order valence-corrected chi connectivity index (χ4v) is 1.86. The maximum Gasteiger partial charge on any atom is 0.118 e. The number of thioether (sulfide) groups is 1. The van der Waals surface area contributed by atoms with Gasteiger partial charge in [-0.1, -0.05) is 0 Å². The minimum absolute atomic E-state index is 0.800. The third kappa shape index (κ3) is 4.73. The molecule has 0 spiro atoms. The van der Waals surface area contributed by atoms with Gasteiger partial charge in [0.25, 0.3) is 0 Å². The predicted molar refractivity (Wildman–Crippen MR) is 66.2 cm³/mol. The zero-order valence-electron chi connectivity index (χ0n) is 9.75. The molecule has 4 heteroatoms. The van der Waals surface area contributed by atoms with Gasteiger partial charge in [0, 0.05) is 12.3 Å². The number of hydrogen-bond acceptors (Lipinski definition) is 4. The molecule has 0 aliphatic rings. The smallest absolute Gasteiger partial charge is 0.118 e. The summed E-state index contributed by atoms with van der Waals surface area (Å²) in [6.45, 7) is 2.79. The van der Waals surface area contributed by atoms with E-state index in [4.69, 9.17) is 4.42 Å². The van der Waals surface area contributed by atoms with Gasteiger partial charge in [0.2, 0.25) is 0 Å². The van der Waals surface area contributed by atoms with Crippen molar-refractivity contribution in [1.29, 1.82) is 0 Å². The Morgan fingerprint density at radius 2 is 2.13 bits per heavy atom. The number of hydrogen-bond donors (Lipinski definition) is 1. The Morgan fingerprint density at radius 1 is 1.40 bits per heavy atom. The van der Waals surface area contributed by atoms with Crippen LogP contribution in [0, 0.1) is 0 Å². The van der Waals surface area contributed by atoms with Crippen LogP contribution in [0.2, 0.25) is 0 Å². The maximum absolute atomic E-state index is 5.66. The minimum Gasteiger partial charge on any atom is -0.463 e. The van der Waals surface area contributed by atoms with Crippen LogP contribution in [0.15, 0.2) is 16.5 Å². The highest BCUT2D eigenvalue weighted by molar-refractivity contribution is 7.98. The second-order valence-corrected chi connectivity index (χ2v) is 4.61. The Bertz CT molecular complexity index is 275. The fraction of sp³-hybridized carbons (Fsp3) is 0.636. The highest BCUT2D eigenvalue weighted by atomic mass is 32.2. The zero-order valence-corrected chi connectivity index (χ0v) is 10.6. The lowest BCUT2D eigenvalue weighted by molar-refractivity contribution is 0.305. The minimum atomic E-state index is 0.800. The molecule has 0 atom stereocenters. The van der Waals surface area contributed by atoms with E-state index in [1.165, 1.54) is 5.75 Å². The third-order valence-corrected chi connectivity index (χ3v) is 2.76. The van der Waals surface area contributed by atoms with E-state index in [9.17, 15) is 0 Å². The molecule has 86 valence electrons. The van der Waals surface area contributed by atoms with E-state index in [1.807, 2.05) is 24.9 Å². The molecular formula is C11H20N2OS. The summed E-state index contributed by atoms with van der Waals surface area (Å²) < 4.78 is 5.66. The second kappa shape index (κ2) is 6.93. The van der Waals surface area contributed by atoms with Crippen LogP contribution in [0.4, 0.5) is 0 Å². The molecular weight excluding hydrogens is 208 g/mol. The molecule has 1 aromatic rings. The summed E-state index contributed by atoms with van der Waals surface area (Å²) in [6.07, 6.45) is 2.13. The highest BCUT2D eigenvalue weighted by Gasteiger charge is 2.04. The number of rotatable bonds is 7. The molecule has 1 rings (SSSR count). The van der Waals surface area contributed by atoms with Gasteiger partial charge in [-0.15, -0.1) is 0 Å². The van der Waals surface area contributed by atoms with Crippen LogP contribution in [0.3, 0.4) is 0 Å². The number of nitrogens with one attached hydrogen (secondary N) is 1. The van der Waals surface area contributed by atoms with Crippen molar-refractivity contribution in [2.75, 3.05) is 32.6 Å². The van der Waals surface area contributed by atoms with Crippen LogP contribution in [0.25, 0.3) is 0 Å². The molecule has 0 radical (unpaired) electrons. The third-order valence-electron chi connectivity index (χ3n) is 2.17. The average Bonchev–Trinajstić information content (AvgIpc) is 2.63. The molecule has 0 fully saturated rings. The van der Waals surface area contributed by atoms with Crippen molar-refractivity contribution < 1.29 is 4.42 Å². The van der Waals surface area contributed by atoms with Gasteiger partial charge in [-0.3, -0.25) is 4.90 Å². The molecule has 3 nitrogen and oxygen atoms in total. The van der Waals surface area contributed by atoms with Gasteiger partial charge in [-0.2, -0.15) is 11.8 Å². The largest absolute Gasteiger partial charge is 0.463 e. The summed E-state index contributed by atoms with van der Waals surface area (Å²) in [5.74, 6) is 3.22. The topological polar surface area (TPSA) is 28.4 Å². The Balaban J connectivity index is 2.35. The van der Waals surface area contributed by atoms with Crippen molar-refractivity contribution in [3.05, 3.63) is 23.7 Å². The Hall–Kier alpha value is -0.450. The summed E-state index contributed by atoms with van der Waals surface area (Å²) in [5, 5.41) is 3.07. The first-order valence-electron chi connectivity index (χ1n) is 5.16. The number of furan rings is 1. The molecule has 0 aromatic carbocycles. The molecule has 0 unspecified atom stereocenters. The van der Waals surface area contributed by atoms with Crippen molar-refractivity contribution in [2.45, 2.75) is 13.1 Å². The number of nitrogens with zero attached hydrogens (tertiary/aromatic N) is 1. The van der Waals surface area contributed by atoms with E-state index in [0.717, 1.165) is 31.2 Å². The van der Waals surface area contributed by atoms with E-state index in [0.29, 0.717) is 0 Å². The van der Waals surface area contributed by atoms with Gasteiger partial charge in [-0.05, 0) is 32.5 Å². The first-order valence-corrected chi connectivity index (χ1v) is 6.55. The molecule has 1 N–H and O–H groups in total. The van der Waals surface area contributed by atoms with Crippen LogP contribution in [0.1, 0.15) is 11.5 Å². The molecule has 0 bridgehead atoms. The molecule has 0 saturated carbocycles. The SMILES string of the molecule is CNCc1ccc(CN(C)CCSC)o1. The van der Waals surface area contributed by atoms with Gasteiger partial charge in [0.15, 0.2) is 0 Å². The molecule has 0 amide bonds. The standard InChI is InChI=1S/C11H20N2OS/c1-12-8-10-4-5-11(14-10)9-13(2)6-7-15-3/h4-5,12H,6-9H2,1-3H3. The quantitative estimate of drug-likeness (QED) is 0.770. The Kier molecular flexibility index (Phi) is 5.83. The van der Waals surface area contributed by atoms with E-state index < -0.39 is 0 Å². The summed E-state index contributed by atoms with van der Waals surface area (Å²) in [6, 6.07) is 4.09. The zero-order chi connectivity index (χ0) is 11.1. The lowest BCUT2D eigenvalue weighted by Crippen LogP contribution is -2.20. The maximum atomic E-state index is 5.66. The van der Waals surface area contributed by atoms with Crippen LogP contribution in [-0.4, -0.2) is 37.5 Å². The van der Waals surface area contributed by atoms with Crippen molar-refractivity contribution >= 4 is 11.8 Å². The van der Waals surface area contributed by atoms with Gasteiger partial charge in [0.05, 0.1) is 13.1 Å². The van der Waals surface area contributed by atoms with Crippen LogP contribution in [-0.2, 0) is 13.1 Å². The first-order chi connectivity index (χ1) is 7.26. The van der Waals surface area contributed by atoms with E-state index >= 15 is 0 Å². The first kappa shape index (κ1) is 12.6. The normalized spacial score (nSPS) is 11.2. The summed E-state index contributed by atoms with van der Waals surface area (Å²) in [7, 11) is 4.04. The van der Waals surface area contributed by atoms with Crippen molar-refractivity contribution in [3.63, 3.8) is 0 Å². The van der Waals surface area contributed by atoms with Crippen molar-refractivity contribution in [1.82, 2.24) is 10.2 Å². The second-order valence-electron chi connectivity index (χ2n) is 3.63. The Morgan fingerprint density at radius 3 is 2.80 bits per heavy atom. The monoisotopic (exact) mass is 228 g/mol. The summed E-state index contributed by atoms with van der Waals surface area (Å²) >= 11 is 1.87. The molecule has 1 aromatic heterocycles. The highest BCUT2D eigenvalue weighted by Crippen LogP contribution is 2.09. The van der Waals surface area contributed by atoms with Gasteiger partial charge < -0.3 is 9.73 Å². The molecule has 0 aliphatic heterocycles. The molecule has 0 aliphatic carbocycles.